The third-order valence-electron chi connectivity index (χ3n) is 2.27. The molecule has 1 N–H and O–H groups in total. The summed E-state index contributed by atoms with van der Waals surface area (Å²) in [5.74, 6) is 0. The molecule has 1 aromatic rings. The number of aliphatic hydroxyl groups excluding tert-OH is 1. The quantitative estimate of drug-likeness (QED) is 0.829. The summed E-state index contributed by atoms with van der Waals surface area (Å²) in [5.41, 5.74) is 0.971. The van der Waals surface area contributed by atoms with Crippen molar-refractivity contribution in [2.45, 2.75) is 23.2 Å². The van der Waals surface area contributed by atoms with Gasteiger partial charge in [-0.3, -0.25) is 0 Å². The molecular weight excluding hydrogens is 196 g/mol. The number of rotatable bonds is 3. The molecule has 0 bridgehead atoms. The van der Waals surface area contributed by atoms with Gasteiger partial charge in [0.1, 0.15) is 0 Å². The topological polar surface area (TPSA) is 29.5 Å². The SMILES string of the molecule is CC(O)c1ccc(SC2COC2)cc1. The van der Waals surface area contributed by atoms with Crippen LogP contribution in [-0.2, 0) is 4.74 Å². The van der Waals surface area contributed by atoms with Crippen molar-refractivity contribution in [3.8, 4) is 0 Å². The molecule has 1 atom stereocenters. The molecule has 2 rings (SSSR count). The number of hydrogen-bond acceptors (Lipinski definition) is 3. The number of benzene rings is 1. The van der Waals surface area contributed by atoms with Crippen LogP contribution in [0.15, 0.2) is 29.2 Å². The zero-order valence-electron chi connectivity index (χ0n) is 8.14. The van der Waals surface area contributed by atoms with Gasteiger partial charge in [-0.2, -0.15) is 0 Å². The molecule has 0 saturated carbocycles. The van der Waals surface area contributed by atoms with E-state index in [0.29, 0.717) is 5.25 Å². The molecule has 0 aromatic heterocycles. The lowest BCUT2D eigenvalue weighted by Gasteiger charge is -2.25. The third kappa shape index (κ3) is 2.29. The molecule has 1 aliphatic heterocycles. The largest absolute Gasteiger partial charge is 0.389 e. The molecule has 1 saturated heterocycles. The van der Waals surface area contributed by atoms with E-state index in [9.17, 15) is 5.11 Å². The molecule has 0 amide bonds. The minimum Gasteiger partial charge on any atom is -0.389 e. The highest BCUT2D eigenvalue weighted by atomic mass is 32.2. The van der Waals surface area contributed by atoms with E-state index in [1.54, 1.807) is 6.92 Å². The maximum Gasteiger partial charge on any atom is 0.0761 e. The first-order valence-electron chi connectivity index (χ1n) is 4.78. The van der Waals surface area contributed by atoms with Gasteiger partial charge in [0.15, 0.2) is 0 Å². The fraction of sp³-hybridized carbons (Fsp3) is 0.455. The first kappa shape index (κ1) is 10.0. The Hall–Kier alpha value is -0.510. The second-order valence-corrected chi connectivity index (χ2v) is 4.90. The highest BCUT2D eigenvalue weighted by Gasteiger charge is 2.19. The van der Waals surface area contributed by atoms with Crippen LogP contribution < -0.4 is 0 Å². The van der Waals surface area contributed by atoms with E-state index in [1.807, 2.05) is 23.9 Å². The Labute approximate surface area is 88.3 Å². The molecule has 1 aromatic carbocycles. The zero-order valence-corrected chi connectivity index (χ0v) is 8.96. The first-order chi connectivity index (χ1) is 6.75. The minimum atomic E-state index is -0.374. The van der Waals surface area contributed by atoms with Gasteiger partial charge in [-0.25, -0.2) is 0 Å². The van der Waals surface area contributed by atoms with Gasteiger partial charge in [-0.1, -0.05) is 12.1 Å². The average molecular weight is 210 g/mol. The van der Waals surface area contributed by atoms with Gasteiger partial charge in [0.2, 0.25) is 0 Å². The van der Waals surface area contributed by atoms with Crippen molar-refractivity contribution in [1.29, 1.82) is 0 Å². The van der Waals surface area contributed by atoms with Crippen molar-refractivity contribution in [3.05, 3.63) is 29.8 Å². The van der Waals surface area contributed by atoms with Crippen LogP contribution in [0.5, 0.6) is 0 Å². The molecule has 0 aliphatic carbocycles. The molecular formula is C11H14O2S. The van der Waals surface area contributed by atoms with Crippen LogP contribution in [0, 0.1) is 0 Å². The number of hydrogen-bond donors (Lipinski definition) is 1. The van der Waals surface area contributed by atoms with E-state index < -0.39 is 0 Å². The molecule has 1 heterocycles. The van der Waals surface area contributed by atoms with Crippen molar-refractivity contribution in [2.75, 3.05) is 13.2 Å². The maximum absolute atomic E-state index is 9.33. The minimum absolute atomic E-state index is 0.374. The fourth-order valence-electron chi connectivity index (χ4n) is 1.30. The van der Waals surface area contributed by atoms with Gasteiger partial charge in [0.05, 0.1) is 24.6 Å². The Kier molecular flexibility index (Phi) is 3.11. The molecule has 0 radical (unpaired) electrons. The number of ether oxygens (including phenoxy) is 1. The smallest absolute Gasteiger partial charge is 0.0761 e. The van der Waals surface area contributed by atoms with Crippen LogP contribution in [0.2, 0.25) is 0 Å². The fourth-order valence-corrected chi connectivity index (χ4v) is 2.31. The van der Waals surface area contributed by atoms with Gasteiger partial charge < -0.3 is 9.84 Å². The van der Waals surface area contributed by atoms with Crippen molar-refractivity contribution >= 4 is 11.8 Å². The van der Waals surface area contributed by atoms with Crippen LogP contribution in [0.25, 0.3) is 0 Å². The third-order valence-corrected chi connectivity index (χ3v) is 3.42. The Morgan fingerprint density at radius 3 is 2.43 bits per heavy atom. The lowest BCUT2D eigenvalue weighted by molar-refractivity contribution is 0.0455. The van der Waals surface area contributed by atoms with Crippen LogP contribution in [0.1, 0.15) is 18.6 Å². The highest BCUT2D eigenvalue weighted by molar-refractivity contribution is 8.00. The predicted octanol–water partition coefficient (Wildman–Crippen LogP) is 2.23. The van der Waals surface area contributed by atoms with Gasteiger partial charge >= 0.3 is 0 Å². The zero-order chi connectivity index (χ0) is 9.97. The molecule has 3 heteroatoms. The first-order valence-corrected chi connectivity index (χ1v) is 5.66. The van der Waals surface area contributed by atoms with Crippen LogP contribution in [0.4, 0.5) is 0 Å². The summed E-state index contributed by atoms with van der Waals surface area (Å²) in [5, 5.41) is 9.94. The highest BCUT2D eigenvalue weighted by Crippen LogP contribution is 2.28. The number of aliphatic hydroxyl groups is 1. The van der Waals surface area contributed by atoms with E-state index in [0.717, 1.165) is 18.8 Å². The lowest BCUT2D eigenvalue weighted by atomic mass is 10.1. The average Bonchev–Trinajstić information content (AvgIpc) is 2.12. The molecule has 0 spiro atoms. The van der Waals surface area contributed by atoms with Crippen molar-refractivity contribution in [1.82, 2.24) is 0 Å². The maximum atomic E-state index is 9.33. The Bertz CT molecular complexity index is 291. The summed E-state index contributed by atoms with van der Waals surface area (Å²) >= 11 is 1.84. The summed E-state index contributed by atoms with van der Waals surface area (Å²) in [4.78, 5) is 1.25. The van der Waals surface area contributed by atoms with E-state index >= 15 is 0 Å². The van der Waals surface area contributed by atoms with Crippen LogP contribution >= 0.6 is 11.8 Å². The normalized spacial score (nSPS) is 19.0. The van der Waals surface area contributed by atoms with E-state index in [-0.39, 0.29) is 6.10 Å². The molecule has 1 unspecified atom stereocenters. The van der Waals surface area contributed by atoms with Crippen LogP contribution in [0.3, 0.4) is 0 Å². The molecule has 14 heavy (non-hydrogen) atoms. The standard InChI is InChI=1S/C11H14O2S/c1-8(12)9-2-4-10(5-3-9)14-11-6-13-7-11/h2-5,8,11-12H,6-7H2,1H3. The Balaban J connectivity index is 1.98. The second-order valence-electron chi connectivity index (χ2n) is 3.52. The summed E-state index contributed by atoms with van der Waals surface area (Å²) in [6.45, 7) is 3.51. The van der Waals surface area contributed by atoms with E-state index in [1.165, 1.54) is 4.90 Å². The summed E-state index contributed by atoms with van der Waals surface area (Å²) < 4.78 is 5.11. The monoisotopic (exact) mass is 210 g/mol. The molecule has 76 valence electrons. The Morgan fingerprint density at radius 2 is 2.00 bits per heavy atom. The lowest BCUT2D eigenvalue weighted by Crippen LogP contribution is -2.29. The predicted molar refractivity (Wildman–Crippen MR) is 57.5 cm³/mol. The van der Waals surface area contributed by atoms with E-state index in [4.69, 9.17) is 4.74 Å². The summed E-state index contributed by atoms with van der Waals surface area (Å²) in [6.07, 6.45) is -0.374. The van der Waals surface area contributed by atoms with Crippen LogP contribution in [-0.4, -0.2) is 23.6 Å². The molecule has 2 nitrogen and oxygen atoms in total. The van der Waals surface area contributed by atoms with Crippen molar-refractivity contribution in [3.63, 3.8) is 0 Å². The van der Waals surface area contributed by atoms with Gasteiger partial charge in [0.25, 0.3) is 0 Å². The van der Waals surface area contributed by atoms with E-state index in [2.05, 4.69) is 12.1 Å². The summed E-state index contributed by atoms with van der Waals surface area (Å²) in [6, 6.07) is 8.08. The second kappa shape index (κ2) is 4.34. The Morgan fingerprint density at radius 1 is 1.36 bits per heavy atom. The van der Waals surface area contributed by atoms with Crippen molar-refractivity contribution < 1.29 is 9.84 Å². The van der Waals surface area contributed by atoms with Gasteiger partial charge in [0, 0.05) is 4.90 Å². The summed E-state index contributed by atoms with van der Waals surface area (Å²) in [7, 11) is 0. The van der Waals surface area contributed by atoms with Gasteiger partial charge in [-0.05, 0) is 24.6 Å². The number of thioether (sulfide) groups is 1. The molecule has 1 aliphatic rings. The molecule has 1 fully saturated rings. The van der Waals surface area contributed by atoms with Crippen molar-refractivity contribution in [2.24, 2.45) is 0 Å². The van der Waals surface area contributed by atoms with Gasteiger partial charge in [-0.15, -0.1) is 11.8 Å².